The number of nitrogens with one attached hydrogen (secondary N) is 1. The lowest BCUT2D eigenvalue weighted by Crippen LogP contribution is -2.44. The van der Waals surface area contributed by atoms with Gasteiger partial charge in [-0.05, 0) is 37.5 Å². The van der Waals surface area contributed by atoms with Crippen LogP contribution in [0, 0.1) is 0 Å². The first-order valence-electron chi connectivity index (χ1n) is 11.1. The Morgan fingerprint density at radius 2 is 1.97 bits per heavy atom. The number of carbonyl (C=O) groups is 1. The van der Waals surface area contributed by atoms with Crippen molar-refractivity contribution in [1.29, 1.82) is 0 Å². The Morgan fingerprint density at radius 3 is 2.67 bits per heavy atom. The van der Waals surface area contributed by atoms with Crippen LogP contribution in [0.15, 0.2) is 41.1 Å². The number of hydrogen-bond acceptors (Lipinski definition) is 8. The summed E-state index contributed by atoms with van der Waals surface area (Å²) in [6, 6.07) is 8.32. The number of morpholine rings is 1. The van der Waals surface area contributed by atoms with Gasteiger partial charge in [0.15, 0.2) is 10.3 Å². The van der Waals surface area contributed by atoms with Crippen molar-refractivity contribution >= 4 is 34.1 Å². The van der Waals surface area contributed by atoms with Gasteiger partial charge < -0.3 is 10.1 Å². The fraction of sp³-hybridized carbons (Fsp3) is 0.478. The zero-order valence-electron chi connectivity index (χ0n) is 19.4. The maximum absolute atomic E-state index is 12.5. The molecule has 0 aliphatic carbocycles. The summed E-state index contributed by atoms with van der Waals surface area (Å²) in [5.41, 5.74) is 3.22. The van der Waals surface area contributed by atoms with E-state index in [1.165, 1.54) is 28.7 Å². The van der Waals surface area contributed by atoms with E-state index >= 15 is 0 Å². The lowest BCUT2D eigenvalue weighted by molar-refractivity contribution is -0.113. The Labute approximate surface area is 202 Å². The van der Waals surface area contributed by atoms with Gasteiger partial charge in [-0.2, -0.15) is 0 Å². The molecular weight excluding hydrogens is 456 g/mol. The largest absolute Gasteiger partial charge is 0.373 e. The van der Waals surface area contributed by atoms with Crippen LogP contribution in [0.3, 0.4) is 0 Å². The number of ether oxygens (including phenoxy) is 1. The quantitative estimate of drug-likeness (QED) is 0.478. The Morgan fingerprint density at radius 1 is 1.24 bits per heavy atom. The fourth-order valence-corrected chi connectivity index (χ4v) is 5.33. The second-order valence-electron chi connectivity index (χ2n) is 8.66. The summed E-state index contributed by atoms with van der Waals surface area (Å²) in [4.78, 5) is 19.4. The highest BCUT2D eigenvalue weighted by Crippen LogP contribution is 2.23. The first-order valence-corrected chi connectivity index (χ1v) is 13.0. The number of carbonyl (C=O) groups excluding carboxylic acids is 1. The summed E-state index contributed by atoms with van der Waals surface area (Å²) in [5, 5.41) is 14.4. The topological polar surface area (TPSA) is 85.2 Å². The number of amides is 1. The van der Waals surface area contributed by atoms with Gasteiger partial charge in [0.05, 0.1) is 23.7 Å². The van der Waals surface area contributed by atoms with E-state index in [0.717, 1.165) is 31.0 Å². The molecule has 8 nitrogen and oxygen atoms in total. The first kappa shape index (κ1) is 23.9. The average molecular weight is 487 g/mol. The van der Waals surface area contributed by atoms with E-state index in [9.17, 15) is 4.79 Å². The van der Waals surface area contributed by atoms with Crippen molar-refractivity contribution < 1.29 is 9.53 Å². The Balaban J connectivity index is 1.30. The molecule has 2 unspecified atom stereocenters. The summed E-state index contributed by atoms with van der Waals surface area (Å²) in [5.74, 6) is 0.597. The predicted octanol–water partition coefficient (Wildman–Crippen LogP) is 4.19. The van der Waals surface area contributed by atoms with Gasteiger partial charge in [-0.1, -0.05) is 37.7 Å². The molecule has 0 spiro atoms. The van der Waals surface area contributed by atoms with Crippen LogP contribution in [-0.4, -0.2) is 61.6 Å². The number of thioether (sulfide) groups is 1. The number of thiazole rings is 1. The fourth-order valence-electron chi connectivity index (χ4n) is 3.88. The molecule has 2 aromatic heterocycles. The zero-order chi connectivity index (χ0) is 23.4. The normalized spacial score (nSPS) is 19.2. The molecular formula is C23H30N6O2S2. The summed E-state index contributed by atoms with van der Waals surface area (Å²) < 4.78 is 7.69. The highest BCUT2D eigenvalue weighted by molar-refractivity contribution is 7.99. The molecule has 0 bridgehead atoms. The van der Waals surface area contributed by atoms with Gasteiger partial charge in [-0.15, -0.1) is 21.5 Å². The highest BCUT2D eigenvalue weighted by Gasteiger charge is 2.23. The third-order valence-corrected chi connectivity index (χ3v) is 7.12. The van der Waals surface area contributed by atoms with E-state index in [2.05, 4.69) is 77.4 Å². The standard InChI is InChI=1S/C23H30N6O2S2/c1-15(2)18-5-7-20(8-6-18)29-14-24-27-23(29)33-13-21(30)26-22-25-19(12-32-22)11-28-9-16(3)31-17(4)10-28/h5-8,12,14-17H,9-11,13H2,1-4H3,(H,25,26,30). The Hall–Kier alpha value is -2.27. The lowest BCUT2D eigenvalue weighted by atomic mass is 10.0. The van der Waals surface area contributed by atoms with Crippen molar-refractivity contribution in [3.8, 4) is 5.69 Å². The van der Waals surface area contributed by atoms with E-state index in [1.807, 2.05) is 9.95 Å². The van der Waals surface area contributed by atoms with Gasteiger partial charge in [0.2, 0.25) is 5.91 Å². The maximum atomic E-state index is 12.5. The Kier molecular flexibility index (Phi) is 7.79. The van der Waals surface area contributed by atoms with Crippen LogP contribution in [-0.2, 0) is 16.1 Å². The third kappa shape index (κ3) is 6.41. The molecule has 1 amide bonds. The van der Waals surface area contributed by atoms with Crippen LogP contribution in [0.4, 0.5) is 5.13 Å². The number of benzene rings is 1. The van der Waals surface area contributed by atoms with E-state index in [4.69, 9.17) is 4.74 Å². The molecule has 0 saturated carbocycles. The molecule has 33 heavy (non-hydrogen) atoms. The monoisotopic (exact) mass is 486 g/mol. The molecule has 2 atom stereocenters. The van der Waals surface area contributed by atoms with Crippen molar-refractivity contribution in [3.63, 3.8) is 0 Å². The van der Waals surface area contributed by atoms with Crippen molar-refractivity contribution in [3.05, 3.63) is 47.2 Å². The van der Waals surface area contributed by atoms with Crippen molar-refractivity contribution in [2.45, 2.75) is 57.5 Å². The highest BCUT2D eigenvalue weighted by atomic mass is 32.2. The minimum Gasteiger partial charge on any atom is -0.373 e. The molecule has 10 heteroatoms. The van der Waals surface area contributed by atoms with Crippen LogP contribution in [0.1, 0.15) is 44.9 Å². The minimum absolute atomic E-state index is 0.112. The summed E-state index contributed by atoms with van der Waals surface area (Å²) in [6.07, 6.45) is 2.11. The second kappa shape index (κ2) is 10.8. The SMILES string of the molecule is CC1CN(Cc2csc(NC(=O)CSc3nncn3-c3ccc(C(C)C)cc3)n2)CC(C)O1. The van der Waals surface area contributed by atoms with Crippen LogP contribution in [0.2, 0.25) is 0 Å². The molecule has 1 fully saturated rings. The first-order chi connectivity index (χ1) is 15.9. The molecule has 3 heterocycles. The van der Waals surface area contributed by atoms with E-state index in [1.54, 1.807) is 6.33 Å². The molecule has 176 valence electrons. The van der Waals surface area contributed by atoms with Crippen LogP contribution >= 0.6 is 23.1 Å². The van der Waals surface area contributed by atoms with Gasteiger partial charge in [0.25, 0.3) is 0 Å². The van der Waals surface area contributed by atoms with Crippen LogP contribution in [0.5, 0.6) is 0 Å². The molecule has 1 aliphatic heterocycles. The van der Waals surface area contributed by atoms with Crippen molar-refractivity contribution in [2.75, 3.05) is 24.2 Å². The molecule has 1 saturated heterocycles. The van der Waals surface area contributed by atoms with Gasteiger partial charge in [-0.25, -0.2) is 4.98 Å². The smallest absolute Gasteiger partial charge is 0.236 e. The van der Waals surface area contributed by atoms with Crippen LogP contribution in [0.25, 0.3) is 5.69 Å². The van der Waals surface area contributed by atoms with E-state index in [0.29, 0.717) is 16.2 Å². The number of aromatic nitrogens is 4. The molecule has 1 aromatic carbocycles. The zero-order valence-corrected chi connectivity index (χ0v) is 21.0. The van der Waals surface area contributed by atoms with Crippen molar-refractivity contribution in [1.82, 2.24) is 24.6 Å². The minimum atomic E-state index is -0.112. The number of anilines is 1. The van der Waals surface area contributed by atoms with Gasteiger partial charge in [-0.3, -0.25) is 14.3 Å². The predicted molar refractivity (Wildman–Crippen MR) is 132 cm³/mol. The van der Waals surface area contributed by atoms with Gasteiger partial charge >= 0.3 is 0 Å². The van der Waals surface area contributed by atoms with Crippen LogP contribution < -0.4 is 5.32 Å². The summed E-state index contributed by atoms with van der Waals surface area (Å²) in [6.45, 7) is 11.1. The van der Waals surface area contributed by atoms with Gasteiger partial charge in [0, 0.05) is 30.7 Å². The lowest BCUT2D eigenvalue weighted by Gasteiger charge is -2.34. The maximum Gasteiger partial charge on any atom is 0.236 e. The molecule has 1 N–H and O–H groups in total. The van der Waals surface area contributed by atoms with Gasteiger partial charge in [0.1, 0.15) is 6.33 Å². The second-order valence-corrected chi connectivity index (χ2v) is 10.5. The van der Waals surface area contributed by atoms with Crippen molar-refractivity contribution in [2.24, 2.45) is 0 Å². The molecule has 1 aliphatic rings. The molecule has 3 aromatic rings. The number of hydrogen-bond donors (Lipinski definition) is 1. The Bertz CT molecular complexity index is 1060. The average Bonchev–Trinajstić information content (AvgIpc) is 3.41. The number of nitrogens with zero attached hydrogens (tertiary/aromatic N) is 5. The third-order valence-electron chi connectivity index (χ3n) is 5.37. The summed E-state index contributed by atoms with van der Waals surface area (Å²) in [7, 11) is 0. The van der Waals surface area contributed by atoms with E-state index < -0.39 is 0 Å². The van der Waals surface area contributed by atoms with E-state index in [-0.39, 0.29) is 23.9 Å². The summed E-state index contributed by atoms with van der Waals surface area (Å²) >= 11 is 2.81. The number of rotatable bonds is 8. The molecule has 4 rings (SSSR count). The molecule has 0 radical (unpaired) electrons.